The van der Waals surface area contributed by atoms with Crippen molar-refractivity contribution in [1.82, 2.24) is 19.7 Å². The third kappa shape index (κ3) is 2.40. The number of nitrogens with zero attached hydrogens (tertiary/aromatic N) is 3. The van der Waals surface area contributed by atoms with Crippen molar-refractivity contribution in [2.75, 3.05) is 0 Å². The lowest BCUT2D eigenvalue weighted by atomic mass is 10.2. The van der Waals surface area contributed by atoms with Crippen LogP contribution in [0.15, 0.2) is 0 Å². The van der Waals surface area contributed by atoms with E-state index in [1.807, 2.05) is 6.92 Å². The average Bonchev–Trinajstić information content (AvgIpc) is 2.82. The third-order valence-electron chi connectivity index (χ3n) is 2.96. The highest BCUT2D eigenvalue weighted by Gasteiger charge is 2.18. The minimum atomic E-state index is 0.198. The number of nitrogens with one attached hydrogen (secondary N) is 1. The molecule has 0 fully saturated rings. The molecule has 0 aliphatic heterocycles. The first-order valence-corrected chi connectivity index (χ1v) is 7.36. The fourth-order valence-electron chi connectivity index (χ4n) is 2.19. The van der Waals surface area contributed by atoms with Crippen molar-refractivity contribution in [3.63, 3.8) is 0 Å². The molecule has 1 atom stereocenters. The molecule has 2 aromatic rings. The van der Waals surface area contributed by atoms with Crippen LogP contribution < -0.4 is 0 Å². The van der Waals surface area contributed by atoms with Gasteiger partial charge in [0.25, 0.3) is 0 Å². The normalized spacial score (nSPS) is 12.9. The molecule has 0 saturated carbocycles. The second-order valence-corrected chi connectivity index (χ2v) is 6.04. The molecule has 2 heterocycles. The van der Waals surface area contributed by atoms with E-state index in [-0.39, 0.29) is 6.04 Å². The van der Waals surface area contributed by atoms with Gasteiger partial charge in [-0.05, 0) is 39.4 Å². The highest BCUT2D eigenvalue weighted by molar-refractivity contribution is 7.71. The van der Waals surface area contributed by atoms with Crippen LogP contribution in [0, 0.1) is 18.6 Å². The van der Waals surface area contributed by atoms with Crippen LogP contribution >= 0.6 is 23.6 Å². The van der Waals surface area contributed by atoms with Gasteiger partial charge in [0.2, 0.25) is 0 Å². The molecule has 0 radical (unpaired) electrons. The first-order valence-electron chi connectivity index (χ1n) is 6.14. The van der Waals surface area contributed by atoms with E-state index in [1.54, 1.807) is 11.3 Å². The van der Waals surface area contributed by atoms with Crippen LogP contribution in [0.3, 0.4) is 0 Å². The summed E-state index contributed by atoms with van der Waals surface area (Å²) in [7, 11) is 0. The van der Waals surface area contributed by atoms with Gasteiger partial charge in [-0.2, -0.15) is 5.10 Å². The molecular formula is C12H18N4S2. The SMILES string of the molecule is CCCc1n[nH]c(=S)n1C(C)c1sc(C)nc1C. The van der Waals surface area contributed by atoms with Gasteiger partial charge < -0.3 is 0 Å². The lowest BCUT2D eigenvalue weighted by Gasteiger charge is -2.14. The largest absolute Gasteiger partial charge is 0.296 e. The Bertz CT molecular complexity index is 593. The third-order valence-corrected chi connectivity index (χ3v) is 4.49. The highest BCUT2D eigenvalue weighted by Crippen LogP contribution is 2.28. The van der Waals surface area contributed by atoms with Crippen molar-refractivity contribution in [2.45, 2.75) is 46.6 Å². The monoisotopic (exact) mass is 282 g/mol. The smallest absolute Gasteiger partial charge is 0.195 e. The zero-order valence-corrected chi connectivity index (χ0v) is 12.8. The van der Waals surface area contributed by atoms with Crippen LogP contribution in [0.5, 0.6) is 0 Å². The van der Waals surface area contributed by atoms with Crippen LogP contribution in [-0.4, -0.2) is 19.7 Å². The van der Waals surface area contributed by atoms with Crippen molar-refractivity contribution in [3.05, 3.63) is 26.2 Å². The Balaban J connectivity index is 2.45. The predicted molar refractivity (Wildman–Crippen MR) is 76.8 cm³/mol. The fourth-order valence-corrected chi connectivity index (χ4v) is 3.47. The van der Waals surface area contributed by atoms with Crippen molar-refractivity contribution >= 4 is 23.6 Å². The van der Waals surface area contributed by atoms with Crippen LogP contribution in [0.4, 0.5) is 0 Å². The van der Waals surface area contributed by atoms with Gasteiger partial charge in [-0.1, -0.05) is 6.92 Å². The number of aromatic amines is 1. The lowest BCUT2D eigenvalue weighted by molar-refractivity contribution is 0.594. The molecule has 0 aliphatic rings. The van der Waals surface area contributed by atoms with E-state index < -0.39 is 0 Å². The number of aryl methyl sites for hydroxylation is 3. The van der Waals surface area contributed by atoms with E-state index in [0.29, 0.717) is 4.77 Å². The fraction of sp³-hybridized carbons (Fsp3) is 0.583. The van der Waals surface area contributed by atoms with Gasteiger partial charge in [0, 0.05) is 6.42 Å². The summed E-state index contributed by atoms with van der Waals surface area (Å²) in [4.78, 5) is 5.75. The molecule has 1 N–H and O–H groups in total. The van der Waals surface area contributed by atoms with Gasteiger partial charge in [-0.3, -0.25) is 9.67 Å². The number of thiazole rings is 1. The maximum Gasteiger partial charge on any atom is 0.195 e. The van der Waals surface area contributed by atoms with Crippen molar-refractivity contribution in [1.29, 1.82) is 0 Å². The molecule has 4 nitrogen and oxygen atoms in total. The summed E-state index contributed by atoms with van der Waals surface area (Å²) < 4.78 is 2.80. The number of hydrogen-bond acceptors (Lipinski definition) is 4. The molecule has 2 rings (SSSR count). The Labute approximate surface area is 116 Å². The summed E-state index contributed by atoms with van der Waals surface area (Å²) in [5.41, 5.74) is 1.09. The van der Waals surface area contributed by atoms with E-state index in [2.05, 4.69) is 40.5 Å². The van der Waals surface area contributed by atoms with Crippen molar-refractivity contribution < 1.29 is 0 Å². The van der Waals surface area contributed by atoms with E-state index in [4.69, 9.17) is 12.2 Å². The maximum absolute atomic E-state index is 5.34. The lowest BCUT2D eigenvalue weighted by Crippen LogP contribution is -2.10. The zero-order valence-electron chi connectivity index (χ0n) is 11.1. The Morgan fingerprint density at radius 2 is 2.17 bits per heavy atom. The molecule has 0 aromatic carbocycles. The molecule has 0 saturated heterocycles. The van der Waals surface area contributed by atoms with Crippen LogP contribution in [-0.2, 0) is 6.42 Å². The van der Waals surface area contributed by atoms with Gasteiger partial charge in [0.1, 0.15) is 5.82 Å². The van der Waals surface area contributed by atoms with Crippen molar-refractivity contribution in [2.24, 2.45) is 0 Å². The van der Waals surface area contributed by atoms with E-state index >= 15 is 0 Å². The second-order valence-electron chi connectivity index (χ2n) is 4.42. The van der Waals surface area contributed by atoms with Crippen LogP contribution in [0.2, 0.25) is 0 Å². The Morgan fingerprint density at radius 3 is 2.72 bits per heavy atom. The van der Waals surface area contributed by atoms with Gasteiger partial charge in [-0.25, -0.2) is 4.98 Å². The molecule has 18 heavy (non-hydrogen) atoms. The summed E-state index contributed by atoms with van der Waals surface area (Å²) in [6.45, 7) is 8.40. The maximum atomic E-state index is 5.34. The first-order chi connectivity index (χ1) is 8.54. The predicted octanol–water partition coefficient (Wildman–Crippen LogP) is 3.58. The van der Waals surface area contributed by atoms with Gasteiger partial charge in [0.05, 0.1) is 21.6 Å². The quantitative estimate of drug-likeness (QED) is 0.872. The minimum Gasteiger partial charge on any atom is -0.296 e. The zero-order chi connectivity index (χ0) is 13.3. The molecule has 0 amide bonds. The topological polar surface area (TPSA) is 46.5 Å². The molecule has 1 unspecified atom stereocenters. The molecule has 0 aliphatic carbocycles. The Kier molecular flexibility index (Phi) is 3.97. The van der Waals surface area contributed by atoms with Gasteiger partial charge >= 0.3 is 0 Å². The second kappa shape index (κ2) is 5.32. The summed E-state index contributed by atoms with van der Waals surface area (Å²) in [5.74, 6) is 1.03. The molecule has 0 spiro atoms. The standard InChI is InChI=1S/C12H18N4S2/c1-5-6-10-14-15-12(17)16(10)8(3)11-7(2)13-9(4)18-11/h8H,5-6H2,1-4H3,(H,15,17). The van der Waals surface area contributed by atoms with E-state index in [1.165, 1.54) is 4.88 Å². The van der Waals surface area contributed by atoms with Crippen LogP contribution in [0.1, 0.15) is 47.7 Å². The number of aromatic nitrogens is 4. The van der Waals surface area contributed by atoms with E-state index in [0.717, 1.165) is 29.4 Å². The summed E-state index contributed by atoms with van der Waals surface area (Å²) in [5, 5.41) is 8.32. The number of rotatable bonds is 4. The minimum absolute atomic E-state index is 0.198. The van der Waals surface area contributed by atoms with Gasteiger partial charge in [0.15, 0.2) is 4.77 Å². The molecule has 0 bridgehead atoms. The number of H-pyrrole nitrogens is 1. The molecule has 2 aromatic heterocycles. The van der Waals surface area contributed by atoms with Crippen LogP contribution in [0.25, 0.3) is 0 Å². The molecular weight excluding hydrogens is 264 g/mol. The van der Waals surface area contributed by atoms with Gasteiger partial charge in [-0.15, -0.1) is 11.3 Å². The average molecular weight is 282 g/mol. The summed E-state index contributed by atoms with van der Waals surface area (Å²) >= 11 is 7.08. The Hall–Kier alpha value is -1.01. The highest BCUT2D eigenvalue weighted by atomic mass is 32.1. The van der Waals surface area contributed by atoms with E-state index in [9.17, 15) is 0 Å². The molecule has 6 heteroatoms. The van der Waals surface area contributed by atoms with Crippen molar-refractivity contribution in [3.8, 4) is 0 Å². The summed E-state index contributed by atoms with van der Waals surface area (Å²) in [6, 6.07) is 0.198. The summed E-state index contributed by atoms with van der Waals surface area (Å²) in [6.07, 6.45) is 2.00. The molecule has 98 valence electrons. The number of hydrogen-bond donors (Lipinski definition) is 1. The Morgan fingerprint density at radius 1 is 1.44 bits per heavy atom. The first kappa shape index (κ1) is 13.4.